The molecule has 2 aliphatic rings. The lowest BCUT2D eigenvalue weighted by Gasteiger charge is -2.29. The summed E-state index contributed by atoms with van der Waals surface area (Å²) in [6, 6.07) is 0.354. The van der Waals surface area contributed by atoms with Gasteiger partial charge in [-0.3, -0.25) is 9.69 Å². The molecule has 3 atom stereocenters. The molecule has 112 valence electrons. The highest BCUT2D eigenvalue weighted by atomic mass is 35.5. The quantitative estimate of drug-likeness (QED) is 0.819. The predicted octanol–water partition coefficient (Wildman–Crippen LogP) is 1.24. The second kappa shape index (κ2) is 7.46. The Labute approximate surface area is 122 Å². The normalized spacial score (nSPS) is 30.8. The first-order valence-electron chi connectivity index (χ1n) is 7.31. The number of hydrogen-bond donors (Lipinski definition) is 2. The van der Waals surface area contributed by atoms with E-state index in [4.69, 9.17) is 5.73 Å². The summed E-state index contributed by atoms with van der Waals surface area (Å²) in [5.74, 6) is 2.03. The van der Waals surface area contributed by atoms with Crippen LogP contribution in [-0.2, 0) is 4.79 Å². The number of nitrogens with two attached hydrogens (primary N) is 1. The van der Waals surface area contributed by atoms with E-state index in [9.17, 15) is 4.79 Å². The van der Waals surface area contributed by atoms with E-state index in [0.29, 0.717) is 24.4 Å². The van der Waals surface area contributed by atoms with Gasteiger partial charge in [0.25, 0.3) is 0 Å². The van der Waals surface area contributed by atoms with Gasteiger partial charge in [0.15, 0.2) is 0 Å². The molecule has 5 heteroatoms. The first-order valence-corrected chi connectivity index (χ1v) is 7.31. The molecule has 0 aromatic carbocycles. The van der Waals surface area contributed by atoms with Crippen LogP contribution >= 0.6 is 12.4 Å². The lowest BCUT2D eigenvalue weighted by molar-refractivity contribution is -0.122. The van der Waals surface area contributed by atoms with Crippen LogP contribution in [0.4, 0.5) is 0 Å². The highest BCUT2D eigenvalue weighted by Gasteiger charge is 2.38. The van der Waals surface area contributed by atoms with E-state index in [-0.39, 0.29) is 18.3 Å². The molecular formula is C14H28ClN3O. The van der Waals surface area contributed by atoms with Gasteiger partial charge < -0.3 is 11.1 Å². The zero-order valence-electron chi connectivity index (χ0n) is 12.1. The Morgan fingerprint density at radius 2 is 2.11 bits per heavy atom. The molecule has 19 heavy (non-hydrogen) atoms. The summed E-state index contributed by atoms with van der Waals surface area (Å²) in [6.45, 7) is 7.63. The van der Waals surface area contributed by atoms with Crippen molar-refractivity contribution in [2.45, 2.75) is 39.2 Å². The van der Waals surface area contributed by atoms with Gasteiger partial charge in [-0.25, -0.2) is 0 Å². The van der Waals surface area contributed by atoms with Crippen molar-refractivity contribution < 1.29 is 4.79 Å². The maximum absolute atomic E-state index is 11.8. The Kier molecular flexibility index (Phi) is 6.57. The number of carbonyl (C=O) groups is 1. The molecule has 3 unspecified atom stereocenters. The molecule has 1 saturated carbocycles. The number of halogens is 1. The fourth-order valence-corrected chi connectivity index (χ4v) is 3.31. The van der Waals surface area contributed by atoms with Crippen LogP contribution in [0.5, 0.6) is 0 Å². The summed E-state index contributed by atoms with van der Waals surface area (Å²) in [7, 11) is 0. The monoisotopic (exact) mass is 289 g/mol. The Balaban J connectivity index is 0.00000180. The largest absolute Gasteiger partial charge is 0.355 e. The zero-order valence-corrected chi connectivity index (χ0v) is 12.9. The van der Waals surface area contributed by atoms with Gasteiger partial charge in [-0.05, 0) is 30.6 Å². The summed E-state index contributed by atoms with van der Waals surface area (Å²) in [5, 5.41) is 2.99. The molecule has 1 heterocycles. The lowest BCUT2D eigenvalue weighted by Crippen LogP contribution is -2.39. The van der Waals surface area contributed by atoms with E-state index in [1.165, 1.54) is 12.8 Å². The molecular weight excluding hydrogens is 262 g/mol. The van der Waals surface area contributed by atoms with Gasteiger partial charge in [0.2, 0.25) is 5.91 Å². The van der Waals surface area contributed by atoms with Crippen LogP contribution in [-0.4, -0.2) is 43.0 Å². The molecule has 0 radical (unpaired) electrons. The van der Waals surface area contributed by atoms with Crippen LogP contribution in [0.3, 0.4) is 0 Å². The van der Waals surface area contributed by atoms with Crippen LogP contribution in [0.25, 0.3) is 0 Å². The number of nitrogens with zero attached hydrogens (tertiary/aromatic N) is 1. The van der Waals surface area contributed by atoms with Crippen molar-refractivity contribution in [3.63, 3.8) is 0 Å². The highest BCUT2D eigenvalue weighted by molar-refractivity contribution is 5.85. The van der Waals surface area contributed by atoms with Crippen LogP contribution in [0.1, 0.15) is 33.1 Å². The standard InChI is InChI=1S/C14H27N3O.ClH/c1-10(2)6-16-14(18)9-17-7-11-4-3-5-13(15)12(11)8-17;/h10-13H,3-9,15H2,1-2H3,(H,16,18);1H. The molecule has 0 spiro atoms. The van der Waals surface area contributed by atoms with Gasteiger partial charge in [-0.1, -0.05) is 20.3 Å². The van der Waals surface area contributed by atoms with E-state index in [1.807, 2.05) is 0 Å². The summed E-state index contributed by atoms with van der Waals surface area (Å²) in [6.07, 6.45) is 3.72. The first-order chi connectivity index (χ1) is 8.56. The third-order valence-corrected chi connectivity index (χ3v) is 4.30. The van der Waals surface area contributed by atoms with Crippen molar-refractivity contribution in [1.29, 1.82) is 0 Å². The van der Waals surface area contributed by atoms with Crippen LogP contribution in [0.2, 0.25) is 0 Å². The van der Waals surface area contributed by atoms with Crippen molar-refractivity contribution in [1.82, 2.24) is 10.2 Å². The van der Waals surface area contributed by atoms with Crippen molar-refractivity contribution >= 4 is 18.3 Å². The number of nitrogens with one attached hydrogen (secondary N) is 1. The molecule has 0 aromatic rings. The van der Waals surface area contributed by atoms with Gasteiger partial charge in [0, 0.05) is 25.7 Å². The molecule has 2 fully saturated rings. The Bertz CT molecular complexity index is 298. The van der Waals surface area contributed by atoms with E-state index in [2.05, 4.69) is 24.1 Å². The number of hydrogen-bond acceptors (Lipinski definition) is 3. The fraction of sp³-hybridized carbons (Fsp3) is 0.929. The van der Waals surface area contributed by atoms with Crippen molar-refractivity contribution in [2.24, 2.45) is 23.5 Å². The van der Waals surface area contributed by atoms with Gasteiger partial charge in [0.1, 0.15) is 0 Å². The van der Waals surface area contributed by atoms with E-state index >= 15 is 0 Å². The maximum Gasteiger partial charge on any atom is 0.234 e. The molecule has 4 nitrogen and oxygen atoms in total. The molecule has 3 N–H and O–H groups in total. The lowest BCUT2D eigenvalue weighted by atomic mass is 9.78. The minimum absolute atomic E-state index is 0. The first kappa shape index (κ1) is 16.7. The Morgan fingerprint density at radius 3 is 2.74 bits per heavy atom. The Hall–Kier alpha value is -0.320. The van der Waals surface area contributed by atoms with Gasteiger partial charge >= 0.3 is 0 Å². The summed E-state index contributed by atoms with van der Waals surface area (Å²) in [4.78, 5) is 14.1. The van der Waals surface area contributed by atoms with E-state index < -0.39 is 0 Å². The number of fused-ring (bicyclic) bond motifs is 1. The zero-order chi connectivity index (χ0) is 13.1. The number of carbonyl (C=O) groups excluding carboxylic acids is 1. The van der Waals surface area contributed by atoms with Crippen LogP contribution in [0, 0.1) is 17.8 Å². The van der Waals surface area contributed by atoms with Gasteiger partial charge in [-0.15, -0.1) is 12.4 Å². The van der Waals surface area contributed by atoms with Crippen LogP contribution in [0.15, 0.2) is 0 Å². The SMILES string of the molecule is CC(C)CNC(=O)CN1CC2CCCC(N)C2C1.Cl. The minimum atomic E-state index is 0. The highest BCUT2D eigenvalue weighted by Crippen LogP contribution is 2.35. The summed E-state index contributed by atoms with van der Waals surface area (Å²) < 4.78 is 0. The molecule has 2 rings (SSSR count). The van der Waals surface area contributed by atoms with Crippen molar-refractivity contribution in [2.75, 3.05) is 26.2 Å². The van der Waals surface area contributed by atoms with E-state index in [1.54, 1.807) is 0 Å². The summed E-state index contributed by atoms with van der Waals surface area (Å²) in [5.41, 5.74) is 6.18. The topological polar surface area (TPSA) is 58.4 Å². The fourth-order valence-electron chi connectivity index (χ4n) is 3.31. The van der Waals surface area contributed by atoms with Crippen LogP contribution < -0.4 is 11.1 Å². The molecule has 1 amide bonds. The molecule has 1 aliphatic heterocycles. The van der Waals surface area contributed by atoms with Crippen molar-refractivity contribution in [3.8, 4) is 0 Å². The molecule has 1 aliphatic carbocycles. The maximum atomic E-state index is 11.8. The molecule has 0 aromatic heterocycles. The third-order valence-electron chi connectivity index (χ3n) is 4.30. The summed E-state index contributed by atoms with van der Waals surface area (Å²) >= 11 is 0. The number of amides is 1. The second-order valence-corrected chi connectivity index (χ2v) is 6.41. The second-order valence-electron chi connectivity index (χ2n) is 6.41. The number of rotatable bonds is 4. The van der Waals surface area contributed by atoms with Gasteiger partial charge in [0.05, 0.1) is 6.54 Å². The molecule has 1 saturated heterocycles. The Morgan fingerprint density at radius 1 is 1.37 bits per heavy atom. The van der Waals surface area contributed by atoms with E-state index in [0.717, 1.165) is 32.0 Å². The minimum Gasteiger partial charge on any atom is -0.355 e. The smallest absolute Gasteiger partial charge is 0.234 e. The third kappa shape index (κ3) is 4.62. The number of likely N-dealkylation sites (tertiary alicyclic amines) is 1. The predicted molar refractivity (Wildman–Crippen MR) is 80.3 cm³/mol. The van der Waals surface area contributed by atoms with Gasteiger partial charge in [-0.2, -0.15) is 0 Å². The van der Waals surface area contributed by atoms with Crippen molar-refractivity contribution in [3.05, 3.63) is 0 Å². The average Bonchev–Trinajstić information content (AvgIpc) is 2.70. The average molecular weight is 290 g/mol. The molecule has 0 bridgehead atoms.